The monoisotopic (exact) mass is 540 g/mol. The van der Waals surface area contributed by atoms with E-state index in [0.29, 0.717) is 18.3 Å². The molecular formula is C22H29F13. The van der Waals surface area contributed by atoms with Crippen LogP contribution in [0.1, 0.15) is 83.5 Å². The third kappa shape index (κ3) is 5.83. The highest BCUT2D eigenvalue weighted by Crippen LogP contribution is 2.60. The molecule has 208 valence electrons. The molecule has 0 amide bonds. The summed E-state index contributed by atoms with van der Waals surface area (Å²) in [5.41, 5.74) is 0. The summed E-state index contributed by atoms with van der Waals surface area (Å²) in [6.07, 6.45) is -0.762. The molecule has 0 saturated heterocycles. The fraction of sp³-hybridized carbons (Fsp3) is 1.00. The summed E-state index contributed by atoms with van der Waals surface area (Å²) in [7, 11) is 0. The normalized spacial score (nSPS) is 24.6. The van der Waals surface area contributed by atoms with Gasteiger partial charge in [-0.05, 0) is 37.0 Å². The summed E-state index contributed by atoms with van der Waals surface area (Å²) in [6.45, 7) is 0. The average molecular weight is 540 g/mol. The Morgan fingerprint density at radius 1 is 0.457 bits per heavy atom. The van der Waals surface area contributed by atoms with E-state index >= 15 is 0 Å². The smallest absolute Gasteiger partial charge is 0.200 e. The van der Waals surface area contributed by atoms with Gasteiger partial charge in [0.15, 0.2) is 0 Å². The molecule has 2 aliphatic carbocycles. The second kappa shape index (κ2) is 10.5. The van der Waals surface area contributed by atoms with E-state index in [1.165, 1.54) is 19.3 Å². The van der Waals surface area contributed by atoms with Crippen molar-refractivity contribution in [2.75, 3.05) is 0 Å². The van der Waals surface area contributed by atoms with E-state index in [1.54, 1.807) is 0 Å². The van der Waals surface area contributed by atoms with Crippen molar-refractivity contribution in [3.05, 3.63) is 0 Å². The van der Waals surface area contributed by atoms with Gasteiger partial charge in [0.05, 0.1) is 0 Å². The fourth-order valence-corrected chi connectivity index (χ4v) is 5.29. The van der Waals surface area contributed by atoms with Gasteiger partial charge in [0.2, 0.25) is 0 Å². The summed E-state index contributed by atoms with van der Waals surface area (Å²) in [5, 5.41) is 0. The Morgan fingerprint density at radius 2 is 0.914 bits per heavy atom. The summed E-state index contributed by atoms with van der Waals surface area (Å²) in [5.74, 6) is -35.0. The summed E-state index contributed by atoms with van der Waals surface area (Å²) >= 11 is 0. The van der Waals surface area contributed by atoms with Crippen molar-refractivity contribution in [3.63, 3.8) is 0 Å². The van der Waals surface area contributed by atoms with Crippen LogP contribution in [0.2, 0.25) is 0 Å². The van der Waals surface area contributed by atoms with Crippen LogP contribution in [-0.2, 0) is 0 Å². The van der Waals surface area contributed by atoms with Crippen LogP contribution in [0, 0.1) is 17.8 Å². The first kappa shape index (κ1) is 30.3. The molecule has 2 aliphatic rings. The zero-order valence-electron chi connectivity index (χ0n) is 18.8. The number of hydrogen-bond donors (Lipinski definition) is 0. The first-order valence-electron chi connectivity index (χ1n) is 11.8. The summed E-state index contributed by atoms with van der Waals surface area (Å²) in [6, 6.07) is 0. The van der Waals surface area contributed by atoms with Gasteiger partial charge in [-0.3, -0.25) is 0 Å². The van der Waals surface area contributed by atoms with Crippen LogP contribution >= 0.6 is 0 Å². The lowest BCUT2D eigenvalue weighted by Crippen LogP contribution is -2.70. The molecular weight excluding hydrogens is 511 g/mol. The minimum absolute atomic E-state index is 0.0974. The Hall–Kier alpha value is -0.910. The van der Waals surface area contributed by atoms with Crippen LogP contribution in [0.5, 0.6) is 0 Å². The molecule has 35 heavy (non-hydrogen) atoms. The Balaban J connectivity index is 1.91. The Kier molecular flexibility index (Phi) is 9.06. The standard InChI is InChI=1S/C22H29F13/c23-17(24,18(25,26)19(27,28)20(29,30)21(31,32)22(33,34)35)13-5-4-6-14-9-11-16(12-10-14)15-7-2-1-3-8-15/h14-16H,1-13H2. The zero-order valence-corrected chi connectivity index (χ0v) is 18.8. The van der Waals surface area contributed by atoms with Crippen molar-refractivity contribution >= 4 is 0 Å². The SMILES string of the molecule is FC(F)(F)C(F)(F)C(F)(F)C(F)(F)C(F)(F)C(F)(F)CCCCC1CCC(C2CCCCC2)CC1. The van der Waals surface area contributed by atoms with Crippen molar-refractivity contribution in [1.82, 2.24) is 0 Å². The van der Waals surface area contributed by atoms with Gasteiger partial charge in [0.1, 0.15) is 0 Å². The first-order chi connectivity index (χ1) is 15.8. The van der Waals surface area contributed by atoms with Crippen molar-refractivity contribution in [2.24, 2.45) is 17.8 Å². The Labute approximate surface area is 195 Å². The molecule has 2 rings (SSSR count). The summed E-state index contributed by atoms with van der Waals surface area (Å²) in [4.78, 5) is 0. The van der Waals surface area contributed by atoms with Crippen LogP contribution in [0.4, 0.5) is 57.1 Å². The van der Waals surface area contributed by atoms with Gasteiger partial charge in [-0.1, -0.05) is 57.8 Å². The predicted molar refractivity (Wildman–Crippen MR) is 101 cm³/mol. The maximum atomic E-state index is 13.8. The number of alkyl halides is 13. The van der Waals surface area contributed by atoms with Crippen molar-refractivity contribution in [1.29, 1.82) is 0 Å². The second-order valence-corrected chi connectivity index (χ2v) is 9.92. The molecule has 13 heteroatoms. The molecule has 0 aromatic heterocycles. The molecule has 2 saturated carbocycles. The summed E-state index contributed by atoms with van der Waals surface area (Å²) < 4.78 is 171. The molecule has 0 aromatic carbocycles. The highest BCUT2D eigenvalue weighted by Gasteiger charge is 2.90. The predicted octanol–water partition coefficient (Wildman–Crippen LogP) is 9.67. The van der Waals surface area contributed by atoms with Gasteiger partial charge in [-0.15, -0.1) is 0 Å². The second-order valence-electron chi connectivity index (χ2n) is 9.92. The molecule has 0 heterocycles. The van der Waals surface area contributed by atoms with Crippen molar-refractivity contribution < 1.29 is 57.1 Å². The van der Waals surface area contributed by atoms with Crippen LogP contribution < -0.4 is 0 Å². The number of halogens is 13. The lowest BCUT2D eigenvalue weighted by Gasteiger charge is -2.39. The van der Waals surface area contributed by atoms with E-state index in [9.17, 15) is 57.1 Å². The van der Waals surface area contributed by atoms with E-state index < -0.39 is 48.6 Å². The number of rotatable bonds is 10. The van der Waals surface area contributed by atoms with E-state index in [2.05, 4.69) is 0 Å². The van der Waals surface area contributed by atoms with Gasteiger partial charge >= 0.3 is 35.8 Å². The topological polar surface area (TPSA) is 0 Å². The third-order valence-electron chi connectivity index (χ3n) is 7.56. The average Bonchev–Trinajstić information content (AvgIpc) is 2.76. The maximum Gasteiger partial charge on any atom is 0.460 e. The Morgan fingerprint density at radius 3 is 1.40 bits per heavy atom. The van der Waals surface area contributed by atoms with Crippen molar-refractivity contribution in [3.8, 4) is 0 Å². The zero-order chi connectivity index (χ0) is 26.9. The molecule has 0 bridgehead atoms. The van der Waals surface area contributed by atoms with Crippen LogP contribution in [0.15, 0.2) is 0 Å². The number of unbranched alkanes of at least 4 members (excludes halogenated alkanes) is 1. The van der Waals surface area contributed by atoms with Crippen LogP contribution in [0.25, 0.3) is 0 Å². The van der Waals surface area contributed by atoms with E-state index in [-0.39, 0.29) is 12.3 Å². The van der Waals surface area contributed by atoms with Crippen molar-refractivity contribution in [2.45, 2.75) is 119 Å². The molecule has 0 atom stereocenters. The fourth-order valence-electron chi connectivity index (χ4n) is 5.29. The van der Waals surface area contributed by atoms with Crippen LogP contribution in [0.3, 0.4) is 0 Å². The van der Waals surface area contributed by atoms with E-state index in [1.807, 2.05) is 0 Å². The van der Waals surface area contributed by atoms with Gasteiger partial charge in [0.25, 0.3) is 0 Å². The lowest BCUT2D eigenvalue weighted by atomic mass is 9.70. The van der Waals surface area contributed by atoms with Gasteiger partial charge < -0.3 is 0 Å². The van der Waals surface area contributed by atoms with Gasteiger partial charge in [-0.2, -0.15) is 57.1 Å². The highest BCUT2D eigenvalue weighted by molar-refractivity contribution is 5.10. The molecule has 0 radical (unpaired) electrons. The molecule has 0 N–H and O–H groups in total. The Bertz CT molecular complexity index is 669. The van der Waals surface area contributed by atoms with Crippen LogP contribution in [-0.4, -0.2) is 35.8 Å². The minimum atomic E-state index is -7.82. The molecule has 0 aromatic rings. The largest absolute Gasteiger partial charge is 0.460 e. The van der Waals surface area contributed by atoms with E-state index in [0.717, 1.165) is 38.5 Å². The molecule has 2 fully saturated rings. The lowest BCUT2D eigenvalue weighted by molar-refractivity contribution is -0.440. The maximum absolute atomic E-state index is 13.8. The third-order valence-corrected chi connectivity index (χ3v) is 7.56. The quantitative estimate of drug-likeness (QED) is 0.191. The molecule has 0 nitrogen and oxygen atoms in total. The molecule has 0 spiro atoms. The van der Waals surface area contributed by atoms with Gasteiger partial charge in [-0.25, -0.2) is 0 Å². The minimum Gasteiger partial charge on any atom is -0.200 e. The number of hydrogen-bond acceptors (Lipinski definition) is 0. The first-order valence-corrected chi connectivity index (χ1v) is 11.8. The molecule has 0 unspecified atom stereocenters. The molecule has 0 aliphatic heterocycles. The van der Waals surface area contributed by atoms with E-state index in [4.69, 9.17) is 0 Å². The highest BCUT2D eigenvalue weighted by atomic mass is 19.4. The van der Waals surface area contributed by atoms with Gasteiger partial charge in [0, 0.05) is 6.42 Å².